The van der Waals surface area contributed by atoms with Crippen LogP contribution in [0, 0.1) is 11.3 Å². The van der Waals surface area contributed by atoms with Gasteiger partial charge in [-0.25, -0.2) is 0 Å². The van der Waals surface area contributed by atoms with E-state index in [9.17, 15) is 5.11 Å². The first-order chi connectivity index (χ1) is 5.39. The molecule has 0 spiro atoms. The van der Waals surface area contributed by atoms with Crippen LogP contribution in [-0.4, -0.2) is 17.3 Å². The lowest BCUT2D eigenvalue weighted by Crippen LogP contribution is -2.49. The predicted molar refractivity (Wildman–Crippen MR) is 50.8 cm³/mol. The lowest BCUT2D eigenvalue weighted by molar-refractivity contribution is -0.0603. The average molecular weight is 171 g/mol. The van der Waals surface area contributed by atoms with E-state index in [0.717, 1.165) is 12.3 Å². The molecule has 1 atom stereocenters. The number of hydrogen-bond acceptors (Lipinski definition) is 2. The van der Waals surface area contributed by atoms with Gasteiger partial charge in [0.15, 0.2) is 0 Å². The van der Waals surface area contributed by atoms with E-state index in [0.29, 0.717) is 6.54 Å². The normalized spacial score (nSPS) is 23.8. The van der Waals surface area contributed by atoms with Gasteiger partial charge in [-0.05, 0) is 17.8 Å². The van der Waals surface area contributed by atoms with Gasteiger partial charge in [-0.2, -0.15) is 0 Å². The van der Waals surface area contributed by atoms with Crippen molar-refractivity contribution in [1.29, 1.82) is 0 Å². The summed E-state index contributed by atoms with van der Waals surface area (Å²) in [5.74, 6) is 0.734. The fourth-order valence-corrected chi connectivity index (χ4v) is 1.50. The average Bonchev–Trinajstić information content (AvgIpc) is 2.69. The molecule has 2 nitrogen and oxygen atoms in total. The third-order valence-electron chi connectivity index (χ3n) is 3.06. The molecule has 0 heterocycles. The molecule has 0 amide bonds. The summed E-state index contributed by atoms with van der Waals surface area (Å²) < 4.78 is 0. The molecule has 0 aromatic rings. The lowest BCUT2D eigenvalue weighted by atomic mass is 9.73. The topological polar surface area (TPSA) is 46.2 Å². The van der Waals surface area contributed by atoms with E-state index in [2.05, 4.69) is 20.8 Å². The zero-order valence-electron chi connectivity index (χ0n) is 8.43. The molecule has 0 saturated heterocycles. The maximum absolute atomic E-state index is 10.2. The molecule has 0 radical (unpaired) electrons. The van der Waals surface area contributed by atoms with Gasteiger partial charge in [-0.15, -0.1) is 0 Å². The molecule has 1 saturated carbocycles. The minimum Gasteiger partial charge on any atom is -0.388 e. The Hall–Kier alpha value is -0.0800. The molecule has 1 unspecified atom stereocenters. The van der Waals surface area contributed by atoms with Gasteiger partial charge in [0.25, 0.3) is 0 Å². The van der Waals surface area contributed by atoms with Crippen LogP contribution in [0.5, 0.6) is 0 Å². The first kappa shape index (κ1) is 10.0. The van der Waals surface area contributed by atoms with Gasteiger partial charge in [-0.1, -0.05) is 33.6 Å². The molecule has 3 N–H and O–H groups in total. The fraction of sp³-hybridized carbons (Fsp3) is 1.00. The summed E-state index contributed by atoms with van der Waals surface area (Å²) in [6, 6.07) is 0. The van der Waals surface area contributed by atoms with Crippen molar-refractivity contribution in [2.45, 2.75) is 45.6 Å². The van der Waals surface area contributed by atoms with Crippen molar-refractivity contribution >= 4 is 0 Å². The standard InChI is InChI=1S/C10H21NO/c1-9(2,3)10(12,7-11)6-8-4-5-8/h8,12H,4-7,11H2,1-3H3. The van der Waals surface area contributed by atoms with E-state index in [1.165, 1.54) is 12.8 Å². The summed E-state index contributed by atoms with van der Waals surface area (Å²) in [6.45, 7) is 6.56. The quantitative estimate of drug-likeness (QED) is 0.676. The molecule has 0 aromatic heterocycles. The largest absolute Gasteiger partial charge is 0.388 e. The van der Waals surface area contributed by atoms with Crippen molar-refractivity contribution in [3.63, 3.8) is 0 Å². The van der Waals surface area contributed by atoms with Crippen LogP contribution >= 0.6 is 0 Å². The highest BCUT2D eigenvalue weighted by Gasteiger charge is 2.42. The molecule has 12 heavy (non-hydrogen) atoms. The lowest BCUT2D eigenvalue weighted by Gasteiger charge is -2.39. The minimum atomic E-state index is -0.659. The molecule has 1 aliphatic carbocycles. The van der Waals surface area contributed by atoms with Crippen LogP contribution in [0.3, 0.4) is 0 Å². The van der Waals surface area contributed by atoms with Crippen LogP contribution in [0.25, 0.3) is 0 Å². The third-order valence-corrected chi connectivity index (χ3v) is 3.06. The number of nitrogens with two attached hydrogens (primary N) is 1. The Balaban J connectivity index is 2.59. The van der Waals surface area contributed by atoms with Crippen LogP contribution in [0.4, 0.5) is 0 Å². The molecule has 0 bridgehead atoms. The first-order valence-electron chi connectivity index (χ1n) is 4.81. The molecular weight excluding hydrogens is 150 g/mol. The van der Waals surface area contributed by atoms with Crippen LogP contribution in [-0.2, 0) is 0 Å². The van der Waals surface area contributed by atoms with Crippen molar-refractivity contribution in [3.8, 4) is 0 Å². The first-order valence-corrected chi connectivity index (χ1v) is 4.81. The summed E-state index contributed by atoms with van der Waals surface area (Å²) >= 11 is 0. The summed E-state index contributed by atoms with van der Waals surface area (Å²) in [5.41, 5.74) is 4.87. The van der Waals surface area contributed by atoms with Gasteiger partial charge in [0.1, 0.15) is 0 Å². The smallest absolute Gasteiger partial charge is 0.0819 e. The zero-order valence-corrected chi connectivity index (χ0v) is 8.43. The second kappa shape index (κ2) is 3.00. The van der Waals surface area contributed by atoms with E-state index in [4.69, 9.17) is 5.73 Å². The third kappa shape index (κ3) is 1.99. The van der Waals surface area contributed by atoms with Gasteiger partial charge in [0.05, 0.1) is 5.60 Å². The van der Waals surface area contributed by atoms with Gasteiger partial charge < -0.3 is 10.8 Å². The van der Waals surface area contributed by atoms with E-state index in [-0.39, 0.29) is 5.41 Å². The second-order valence-corrected chi connectivity index (χ2v) is 5.13. The number of aliphatic hydroxyl groups is 1. The Labute approximate surface area is 75.2 Å². The van der Waals surface area contributed by atoms with E-state index in [1.807, 2.05) is 0 Å². The predicted octanol–water partition coefficient (Wildman–Crippen LogP) is 1.52. The maximum atomic E-state index is 10.2. The molecule has 1 aliphatic rings. The highest BCUT2D eigenvalue weighted by molar-refractivity contribution is 4.95. The Kier molecular flexibility index (Phi) is 2.50. The molecule has 0 aromatic carbocycles. The number of rotatable bonds is 3. The van der Waals surface area contributed by atoms with Crippen molar-refractivity contribution in [2.75, 3.05) is 6.54 Å². The SMILES string of the molecule is CC(C)(C)C(O)(CN)CC1CC1. The molecule has 0 aliphatic heterocycles. The molecule has 72 valence electrons. The van der Waals surface area contributed by atoms with Crippen LogP contribution in [0.1, 0.15) is 40.0 Å². The maximum Gasteiger partial charge on any atom is 0.0819 e. The summed E-state index contributed by atoms with van der Waals surface area (Å²) in [7, 11) is 0. The summed E-state index contributed by atoms with van der Waals surface area (Å²) in [6.07, 6.45) is 3.43. The van der Waals surface area contributed by atoms with Crippen LogP contribution in [0.15, 0.2) is 0 Å². The minimum absolute atomic E-state index is 0.0929. The molecule has 2 heteroatoms. The van der Waals surface area contributed by atoms with Crippen molar-refractivity contribution < 1.29 is 5.11 Å². The molecule has 1 rings (SSSR count). The highest BCUT2D eigenvalue weighted by atomic mass is 16.3. The Morgan fingerprint density at radius 2 is 1.83 bits per heavy atom. The van der Waals surface area contributed by atoms with Gasteiger partial charge >= 0.3 is 0 Å². The van der Waals surface area contributed by atoms with Gasteiger partial charge in [0, 0.05) is 6.54 Å². The van der Waals surface area contributed by atoms with Crippen LogP contribution in [0.2, 0.25) is 0 Å². The highest BCUT2D eigenvalue weighted by Crippen LogP contribution is 2.42. The molecular formula is C10H21NO. The Morgan fingerprint density at radius 3 is 2.08 bits per heavy atom. The van der Waals surface area contributed by atoms with Crippen molar-refractivity contribution in [1.82, 2.24) is 0 Å². The van der Waals surface area contributed by atoms with Crippen LogP contribution < -0.4 is 5.73 Å². The van der Waals surface area contributed by atoms with Gasteiger partial charge in [-0.3, -0.25) is 0 Å². The van der Waals surface area contributed by atoms with Crippen molar-refractivity contribution in [3.05, 3.63) is 0 Å². The Bertz CT molecular complexity index is 158. The van der Waals surface area contributed by atoms with Crippen molar-refractivity contribution in [2.24, 2.45) is 17.1 Å². The molecule has 1 fully saturated rings. The van der Waals surface area contributed by atoms with E-state index < -0.39 is 5.60 Å². The van der Waals surface area contributed by atoms with E-state index >= 15 is 0 Å². The second-order valence-electron chi connectivity index (χ2n) is 5.13. The summed E-state index contributed by atoms with van der Waals surface area (Å²) in [4.78, 5) is 0. The zero-order chi connectivity index (χ0) is 9.41. The monoisotopic (exact) mass is 171 g/mol. The number of hydrogen-bond donors (Lipinski definition) is 2. The fourth-order valence-electron chi connectivity index (χ4n) is 1.50. The van der Waals surface area contributed by atoms with Gasteiger partial charge in [0.2, 0.25) is 0 Å². The summed E-state index contributed by atoms with van der Waals surface area (Å²) in [5, 5.41) is 10.2. The van der Waals surface area contributed by atoms with E-state index in [1.54, 1.807) is 0 Å². The Morgan fingerprint density at radius 1 is 1.33 bits per heavy atom.